The number of rotatable bonds is 5. The zero-order valence-corrected chi connectivity index (χ0v) is 12.1. The molecule has 0 amide bonds. The van der Waals surface area contributed by atoms with Crippen molar-refractivity contribution in [3.63, 3.8) is 0 Å². The number of hydrogen-bond acceptors (Lipinski definition) is 3. The quantitative estimate of drug-likeness (QED) is 0.896. The molecular formula is C15H22N4. The predicted molar refractivity (Wildman–Crippen MR) is 77.1 cm³/mol. The molecule has 4 nitrogen and oxygen atoms in total. The van der Waals surface area contributed by atoms with E-state index in [4.69, 9.17) is 0 Å². The van der Waals surface area contributed by atoms with Gasteiger partial charge in [-0.15, -0.1) is 0 Å². The fraction of sp³-hybridized carbons (Fsp3) is 0.467. The summed E-state index contributed by atoms with van der Waals surface area (Å²) in [4.78, 5) is 4.24. The van der Waals surface area contributed by atoms with Crippen molar-refractivity contribution in [2.45, 2.75) is 33.2 Å². The number of nitrogens with zero attached hydrogens (tertiary/aromatic N) is 3. The molecule has 1 N–H and O–H groups in total. The third-order valence-electron chi connectivity index (χ3n) is 3.47. The Kier molecular flexibility index (Phi) is 4.32. The maximum atomic E-state index is 4.52. The van der Waals surface area contributed by atoms with E-state index in [1.54, 1.807) is 0 Å². The lowest BCUT2D eigenvalue weighted by Crippen LogP contribution is -2.24. The van der Waals surface area contributed by atoms with E-state index in [2.05, 4.69) is 42.2 Å². The topological polar surface area (TPSA) is 42.7 Å². The van der Waals surface area contributed by atoms with Crippen LogP contribution in [0.3, 0.4) is 0 Å². The van der Waals surface area contributed by atoms with Crippen molar-refractivity contribution in [2.75, 3.05) is 6.54 Å². The smallest absolute Gasteiger partial charge is 0.0647 e. The van der Waals surface area contributed by atoms with Crippen molar-refractivity contribution in [3.8, 4) is 0 Å². The van der Waals surface area contributed by atoms with E-state index in [1.807, 2.05) is 30.2 Å². The van der Waals surface area contributed by atoms with Crippen molar-refractivity contribution in [2.24, 2.45) is 7.05 Å². The Balaban J connectivity index is 2.43. The highest BCUT2D eigenvalue weighted by Crippen LogP contribution is 2.26. The lowest BCUT2D eigenvalue weighted by atomic mass is 9.98. The number of pyridine rings is 1. The SMILES string of the molecule is CCCNC(c1cccnc1)c1c(C)nn(C)c1C. The van der Waals surface area contributed by atoms with Gasteiger partial charge >= 0.3 is 0 Å². The molecule has 0 radical (unpaired) electrons. The van der Waals surface area contributed by atoms with Gasteiger partial charge in [0.15, 0.2) is 0 Å². The molecule has 2 heterocycles. The maximum absolute atomic E-state index is 4.52. The second-order valence-corrected chi connectivity index (χ2v) is 4.88. The van der Waals surface area contributed by atoms with E-state index >= 15 is 0 Å². The monoisotopic (exact) mass is 258 g/mol. The van der Waals surface area contributed by atoms with E-state index in [0.717, 1.165) is 18.7 Å². The Hall–Kier alpha value is -1.68. The van der Waals surface area contributed by atoms with Gasteiger partial charge in [0.25, 0.3) is 0 Å². The minimum Gasteiger partial charge on any atom is -0.306 e. The van der Waals surface area contributed by atoms with Crippen LogP contribution in [0.4, 0.5) is 0 Å². The van der Waals surface area contributed by atoms with Crippen LogP contribution in [0.2, 0.25) is 0 Å². The van der Waals surface area contributed by atoms with Crippen molar-refractivity contribution >= 4 is 0 Å². The van der Waals surface area contributed by atoms with Crippen molar-refractivity contribution in [1.82, 2.24) is 20.1 Å². The fourth-order valence-electron chi connectivity index (χ4n) is 2.43. The third-order valence-corrected chi connectivity index (χ3v) is 3.47. The minimum atomic E-state index is 0.169. The van der Waals surface area contributed by atoms with Crippen molar-refractivity contribution in [1.29, 1.82) is 0 Å². The van der Waals surface area contributed by atoms with Gasteiger partial charge in [-0.1, -0.05) is 13.0 Å². The largest absolute Gasteiger partial charge is 0.306 e. The van der Waals surface area contributed by atoms with Crippen LogP contribution in [0.5, 0.6) is 0 Å². The Morgan fingerprint density at radius 3 is 2.68 bits per heavy atom. The minimum absolute atomic E-state index is 0.169. The molecule has 0 aliphatic carbocycles. The molecule has 0 bridgehead atoms. The van der Waals surface area contributed by atoms with Gasteiger partial charge in [-0.05, 0) is 38.4 Å². The van der Waals surface area contributed by atoms with Crippen LogP contribution in [-0.4, -0.2) is 21.3 Å². The molecule has 0 aliphatic heterocycles. The molecule has 0 saturated carbocycles. The molecule has 0 aliphatic rings. The van der Waals surface area contributed by atoms with Crippen LogP contribution in [0.15, 0.2) is 24.5 Å². The molecule has 0 fully saturated rings. The normalized spacial score (nSPS) is 12.6. The second kappa shape index (κ2) is 5.97. The average Bonchev–Trinajstić information content (AvgIpc) is 2.67. The molecule has 1 atom stereocenters. The number of aromatic nitrogens is 3. The summed E-state index contributed by atoms with van der Waals surface area (Å²) < 4.78 is 1.95. The summed E-state index contributed by atoms with van der Waals surface area (Å²) in [6, 6.07) is 4.27. The van der Waals surface area contributed by atoms with E-state index in [0.29, 0.717) is 0 Å². The zero-order chi connectivity index (χ0) is 13.8. The van der Waals surface area contributed by atoms with E-state index < -0.39 is 0 Å². The summed E-state index contributed by atoms with van der Waals surface area (Å²) in [5.74, 6) is 0. The molecule has 2 rings (SSSR count). The van der Waals surface area contributed by atoms with Gasteiger partial charge < -0.3 is 5.32 Å². The highest BCUT2D eigenvalue weighted by Gasteiger charge is 2.21. The highest BCUT2D eigenvalue weighted by atomic mass is 15.3. The summed E-state index contributed by atoms with van der Waals surface area (Å²) in [5.41, 5.74) is 4.74. The molecule has 102 valence electrons. The van der Waals surface area contributed by atoms with Gasteiger partial charge in [-0.2, -0.15) is 5.10 Å². The van der Waals surface area contributed by atoms with Crippen molar-refractivity contribution < 1.29 is 0 Å². The number of aryl methyl sites for hydroxylation is 2. The first kappa shape index (κ1) is 13.7. The standard InChI is InChI=1S/C15H22N4/c1-5-8-17-15(13-7-6-9-16-10-13)14-11(2)18-19(4)12(14)3/h6-7,9-10,15,17H,5,8H2,1-4H3. The molecule has 2 aromatic rings. The first-order valence-electron chi connectivity index (χ1n) is 6.78. The maximum Gasteiger partial charge on any atom is 0.0647 e. The lowest BCUT2D eigenvalue weighted by molar-refractivity contribution is 0.591. The summed E-state index contributed by atoms with van der Waals surface area (Å²) in [7, 11) is 1.99. The summed E-state index contributed by atoms with van der Waals surface area (Å²) in [5, 5.41) is 8.13. The van der Waals surface area contributed by atoms with Crippen LogP contribution in [0, 0.1) is 13.8 Å². The first-order valence-corrected chi connectivity index (χ1v) is 6.78. The van der Waals surface area contributed by atoms with Gasteiger partial charge in [-0.3, -0.25) is 9.67 Å². The van der Waals surface area contributed by atoms with Crippen LogP contribution in [-0.2, 0) is 7.05 Å². The molecule has 0 spiro atoms. The lowest BCUT2D eigenvalue weighted by Gasteiger charge is -2.19. The number of nitrogens with one attached hydrogen (secondary N) is 1. The molecule has 2 aromatic heterocycles. The highest BCUT2D eigenvalue weighted by molar-refractivity contribution is 5.36. The Labute approximate surface area is 114 Å². The average molecular weight is 258 g/mol. The molecule has 0 saturated heterocycles. The predicted octanol–water partition coefficient (Wildman–Crippen LogP) is 2.52. The van der Waals surface area contributed by atoms with Crippen LogP contribution in [0.1, 0.15) is 41.9 Å². The van der Waals surface area contributed by atoms with Crippen LogP contribution >= 0.6 is 0 Å². The van der Waals surface area contributed by atoms with Gasteiger partial charge in [0.2, 0.25) is 0 Å². The molecule has 19 heavy (non-hydrogen) atoms. The van der Waals surface area contributed by atoms with Gasteiger partial charge in [0.1, 0.15) is 0 Å². The summed E-state index contributed by atoms with van der Waals surface area (Å²) in [6.07, 6.45) is 4.84. The van der Waals surface area contributed by atoms with Crippen molar-refractivity contribution in [3.05, 3.63) is 47.0 Å². The fourth-order valence-corrected chi connectivity index (χ4v) is 2.43. The first-order chi connectivity index (χ1) is 9.15. The molecule has 1 unspecified atom stereocenters. The second-order valence-electron chi connectivity index (χ2n) is 4.88. The van der Waals surface area contributed by atoms with Gasteiger partial charge in [0, 0.05) is 30.7 Å². The van der Waals surface area contributed by atoms with Crippen LogP contribution in [0.25, 0.3) is 0 Å². The summed E-state index contributed by atoms with van der Waals surface area (Å²) in [6.45, 7) is 7.34. The Morgan fingerprint density at radius 1 is 1.37 bits per heavy atom. The van der Waals surface area contributed by atoms with Gasteiger partial charge in [-0.25, -0.2) is 0 Å². The number of hydrogen-bond donors (Lipinski definition) is 1. The molecule has 4 heteroatoms. The van der Waals surface area contributed by atoms with Gasteiger partial charge in [0.05, 0.1) is 11.7 Å². The molecule has 0 aromatic carbocycles. The zero-order valence-electron chi connectivity index (χ0n) is 12.1. The third kappa shape index (κ3) is 2.84. The van der Waals surface area contributed by atoms with Crippen LogP contribution < -0.4 is 5.32 Å². The van der Waals surface area contributed by atoms with E-state index in [9.17, 15) is 0 Å². The Bertz CT molecular complexity index is 531. The summed E-state index contributed by atoms with van der Waals surface area (Å²) >= 11 is 0. The Morgan fingerprint density at radius 2 is 2.16 bits per heavy atom. The molecular weight excluding hydrogens is 236 g/mol. The van der Waals surface area contributed by atoms with E-state index in [1.165, 1.54) is 16.8 Å². The van der Waals surface area contributed by atoms with E-state index in [-0.39, 0.29) is 6.04 Å².